The zero-order valence-electron chi connectivity index (χ0n) is 8.87. The third-order valence-electron chi connectivity index (χ3n) is 1.85. The van der Waals surface area contributed by atoms with Gasteiger partial charge in [-0.05, 0) is 26.8 Å². The summed E-state index contributed by atoms with van der Waals surface area (Å²) in [6.45, 7) is 6.38. The van der Waals surface area contributed by atoms with Gasteiger partial charge in [-0.1, -0.05) is 17.7 Å². The largest absolute Gasteiger partial charge is 0.491 e. The van der Waals surface area contributed by atoms with E-state index in [2.05, 4.69) is 5.48 Å². The molecule has 0 bridgehead atoms. The second-order valence-electron chi connectivity index (χ2n) is 3.61. The summed E-state index contributed by atoms with van der Waals surface area (Å²) in [6.07, 6.45) is 0.148. The highest BCUT2D eigenvalue weighted by atomic mass is 16.5. The summed E-state index contributed by atoms with van der Waals surface area (Å²) < 4.78 is 5.60. The van der Waals surface area contributed by atoms with Crippen LogP contribution in [-0.2, 0) is 6.54 Å². The third kappa shape index (κ3) is 3.01. The van der Waals surface area contributed by atoms with Crippen LogP contribution in [0.5, 0.6) is 5.75 Å². The highest BCUT2D eigenvalue weighted by Crippen LogP contribution is 2.20. The van der Waals surface area contributed by atoms with Crippen molar-refractivity contribution in [2.45, 2.75) is 33.4 Å². The molecule has 0 saturated heterocycles. The predicted octanol–water partition coefficient (Wildman–Crippen LogP) is 2.26. The summed E-state index contributed by atoms with van der Waals surface area (Å²) in [4.78, 5) is 0. The molecule has 0 amide bonds. The number of benzene rings is 1. The lowest BCUT2D eigenvalue weighted by Crippen LogP contribution is -2.12. The molecule has 1 aromatic rings. The van der Waals surface area contributed by atoms with E-state index in [1.165, 1.54) is 0 Å². The van der Waals surface area contributed by atoms with Gasteiger partial charge in [0, 0.05) is 12.1 Å². The smallest absolute Gasteiger partial charge is 0.124 e. The molecular formula is C11H17NO2. The van der Waals surface area contributed by atoms with Gasteiger partial charge < -0.3 is 9.94 Å². The van der Waals surface area contributed by atoms with Crippen LogP contribution in [-0.4, -0.2) is 11.3 Å². The molecule has 0 fully saturated rings. The Labute approximate surface area is 84.7 Å². The third-order valence-corrected chi connectivity index (χ3v) is 1.85. The van der Waals surface area contributed by atoms with Crippen LogP contribution in [0, 0.1) is 6.92 Å². The summed E-state index contributed by atoms with van der Waals surface area (Å²) in [5.74, 6) is 0.826. The highest BCUT2D eigenvalue weighted by molar-refractivity contribution is 5.36. The van der Waals surface area contributed by atoms with Gasteiger partial charge in [0.15, 0.2) is 0 Å². The lowest BCUT2D eigenvalue weighted by Gasteiger charge is -2.14. The molecule has 0 saturated carbocycles. The molecule has 0 radical (unpaired) electrons. The van der Waals surface area contributed by atoms with E-state index in [0.717, 1.165) is 16.9 Å². The van der Waals surface area contributed by atoms with Crippen LogP contribution in [0.15, 0.2) is 18.2 Å². The van der Waals surface area contributed by atoms with E-state index >= 15 is 0 Å². The first kappa shape index (κ1) is 11.0. The quantitative estimate of drug-likeness (QED) is 0.724. The zero-order valence-corrected chi connectivity index (χ0v) is 8.87. The molecule has 1 aromatic carbocycles. The van der Waals surface area contributed by atoms with Gasteiger partial charge in [0.2, 0.25) is 0 Å². The number of rotatable bonds is 4. The van der Waals surface area contributed by atoms with Crippen molar-refractivity contribution in [3.63, 3.8) is 0 Å². The molecule has 2 N–H and O–H groups in total. The molecule has 0 aliphatic rings. The zero-order chi connectivity index (χ0) is 10.6. The molecule has 0 atom stereocenters. The van der Waals surface area contributed by atoms with Gasteiger partial charge in [-0.3, -0.25) is 0 Å². The van der Waals surface area contributed by atoms with Crippen LogP contribution in [0.1, 0.15) is 25.0 Å². The Hall–Kier alpha value is -1.06. The number of aryl methyl sites for hydroxylation is 1. The van der Waals surface area contributed by atoms with E-state index < -0.39 is 0 Å². The first-order valence-electron chi connectivity index (χ1n) is 4.76. The standard InChI is InChI=1S/C11H17NO2/c1-8(2)14-11-5-4-9(3)6-10(11)7-12-13/h4-6,8,12-13H,7H2,1-3H3. The van der Waals surface area contributed by atoms with Crippen LogP contribution in [0.2, 0.25) is 0 Å². The number of hydrogen-bond donors (Lipinski definition) is 2. The second-order valence-corrected chi connectivity index (χ2v) is 3.61. The van der Waals surface area contributed by atoms with E-state index in [-0.39, 0.29) is 6.10 Å². The van der Waals surface area contributed by atoms with Crippen molar-refractivity contribution in [2.24, 2.45) is 0 Å². The lowest BCUT2D eigenvalue weighted by molar-refractivity contribution is 0.158. The molecule has 3 nitrogen and oxygen atoms in total. The maximum Gasteiger partial charge on any atom is 0.124 e. The molecule has 0 heterocycles. The van der Waals surface area contributed by atoms with Crippen molar-refractivity contribution in [2.75, 3.05) is 0 Å². The van der Waals surface area contributed by atoms with E-state index in [1.807, 2.05) is 39.0 Å². The summed E-state index contributed by atoms with van der Waals surface area (Å²) in [5.41, 5.74) is 4.28. The van der Waals surface area contributed by atoms with Gasteiger partial charge in [0.25, 0.3) is 0 Å². The van der Waals surface area contributed by atoms with Gasteiger partial charge in [0.1, 0.15) is 5.75 Å². The Morgan fingerprint density at radius 2 is 2.14 bits per heavy atom. The van der Waals surface area contributed by atoms with Crippen LogP contribution < -0.4 is 10.2 Å². The Morgan fingerprint density at radius 3 is 2.71 bits per heavy atom. The summed E-state index contributed by atoms with van der Waals surface area (Å²) in [5, 5.41) is 8.66. The first-order valence-corrected chi connectivity index (χ1v) is 4.76. The molecule has 1 rings (SSSR count). The van der Waals surface area contributed by atoms with E-state index in [4.69, 9.17) is 9.94 Å². The Morgan fingerprint density at radius 1 is 1.43 bits per heavy atom. The minimum Gasteiger partial charge on any atom is -0.491 e. The van der Waals surface area contributed by atoms with Gasteiger partial charge in [0.05, 0.1) is 6.10 Å². The Balaban J connectivity index is 2.89. The average molecular weight is 195 g/mol. The van der Waals surface area contributed by atoms with Gasteiger partial charge >= 0.3 is 0 Å². The minimum absolute atomic E-state index is 0.148. The van der Waals surface area contributed by atoms with Crippen molar-refractivity contribution in [3.05, 3.63) is 29.3 Å². The van der Waals surface area contributed by atoms with Gasteiger partial charge in [-0.25, -0.2) is 5.48 Å². The Bertz CT molecular complexity index is 297. The van der Waals surface area contributed by atoms with Crippen molar-refractivity contribution < 1.29 is 9.94 Å². The minimum atomic E-state index is 0.148. The van der Waals surface area contributed by atoms with Crippen LogP contribution in [0.25, 0.3) is 0 Å². The van der Waals surface area contributed by atoms with Crippen molar-refractivity contribution in [3.8, 4) is 5.75 Å². The Kier molecular flexibility index (Phi) is 3.92. The molecule has 14 heavy (non-hydrogen) atoms. The topological polar surface area (TPSA) is 41.5 Å². The number of nitrogens with one attached hydrogen (secondary N) is 1. The number of hydroxylamine groups is 1. The summed E-state index contributed by atoms with van der Waals surface area (Å²) in [7, 11) is 0. The summed E-state index contributed by atoms with van der Waals surface area (Å²) in [6, 6.07) is 5.93. The first-order chi connectivity index (χ1) is 6.63. The molecular weight excluding hydrogens is 178 g/mol. The fourth-order valence-electron chi connectivity index (χ4n) is 1.30. The van der Waals surface area contributed by atoms with Crippen molar-refractivity contribution in [1.82, 2.24) is 5.48 Å². The van der Waals surface area contributed by atoms with Crippen LogP contribution >= 0.6 is 0 Å². The maximum atomic E-state index is 8.66. The van der Waals surface area contributed by atoms with Crippen molar-refractivity contribution in [1.29, 1.82) is 0 Å². The molecule has 78 valence electrons. The highest BCUT2D eigenvalue weighted by Gasteiger charge is 2.05. The van der Waals surface area contributed by atoms with Gasteiger partial charge in [-0.15, -0.1) is 0 Å². The monoisotopic (exact) mass is 195 g/mol. The molecule has 0 aliphatic heterocycles. The molecule has 0 unspecified atom stereocenters. The number of ether oxygens (including phenoxy) is 1. The maximum absolute atomic E-state index is 8.66. The number of hydrogen-bond acceptors (Lipinski definition) is 3. The molecule has 0 spiro atoms. The van der Waals surface area contributed by atoms with E-state index in [9.17, 15) is 0 Å². The molecule has 3 heteroatoms. The SMILES string of the molecule is Cc1ccc(OC(C)C)c(CNO)c1. The summed E-state index contributed by atoms with van der Waals surface area (Å²) >= 11 is 0. The van der Waals surface area contributed by atoms with Gasteiger partial charge in [-0.2, -0.15) is 0 Å². The van der Waals surface area contributed by atoms with E-state index in [1.54, 1.807) is 0 Å². The average Bonchev–Trinajstić information content (AvgIpc) is 2.09. The fraction of sp³-hybridized carbons (Fsp3) is 0.455. The van der Waals surface area contributed by atoms with E-state index in [0.29, 0.717) is 6.54 Å². The lowest BCUT2D eigenvalue weighted by atomic mass is 10.1. The molecule has 0 aliphatic carbocycles. The second kappa shape index (κ2) is 4.98. The predicted molar refractivity (Wildman–Crippen MR) is 55.6 cm³/mol. The van der Waals surface area contributed by atoms with Crippen LogP contribution in [0.3, 0.4) is 0 Å². The fourth-order valence-corrected chi connectivity index (χ4v) is 1.30. The van der Waals surface area contributed by atoms with Crippen molar-refractivity contribution >= 4 is 0 Å². The normalized spacial score (nSPS) is 10.6. The van der Waals surface area contributed by atoms with Crippen LogP contribution in [0.4, 0.5) is 0 Å². The molecule has 0 aromatic heterocycles.